The number of pyridine rings is 1. The number of benzene rings is 2. The van der Waals surface area contributed by atoms with Gasteiger partial charge in [0.2, 0.25) is 0 Å². The van der Waals surface area contributed by atoms with Gasteiger partial charge in [-0.05, 0) is 36.4 Å². The van der Waals surface area contributed by atoms with Crippen molar-refractivity contribution in [3.63, 3.8) is 0 Å². The average Bonchev–Trinajstić information content (AvgIpc) is 3.23. The van der Waals surface area contributed by atoms with Crippen LogP contribution in [0.2, 0.25) is 0 Å². The van der Waals surface area contributed by atoms with Gasteiger partial charge in [-0.15, -0.1) is 0 Å². The summed E-state index contributed by atoms with van der Waals surface area (Å²) in [7, 11) is 1.60. The first-order valence-corrected chi connectivity index (χ1v) is 9.26. The number of ether oxygens (including phenoxy) is 1. The normalized spacial score (nSPS) is 11.3. The summed E-state index contributed by atoms with van der Waals surface area (Å²) in [5, 5.41) is 4.62. The van der Waals surface area contributed by atoms with Crippen molar-refractivity contribution in [3.05, 3.63) is 88.9 Å². The van der Waals surface area contributed by atoms with Gasteiger partial charge in [0.25, 0.3) is 11.3 Å². The molecule has 0 radical (unpaired) electrons. The predicted molar refractivity (Wildman–Crippen MR) is 110 cm³/mol. The molecule has 0 aliphatic rings. The van der Waals surface area contributed by atoms with E-state index in [9.17, 15) is 9.18 Å². The Labute approximate surface area is 170 Å². The molecule has 0 amide bonds. The molecule has 7 nitrogen and oxygen atoms in total. The van der Waals surface area contributed by atoms with Crippen LogP contribution in [0.3, 0.4) is 0 Å². The Bertz CT molecular complexity index is 1440. The van der Waals surface area contributed by atoms with Crippen LogP contribution in [0.5, 0.6) is 5.75 Å². The molecule has 5 rings (SSSR count). The van der Waals surface area contributed by atoms with Gasteiger partial charge in [0, 0.05) is 17.3 Å². The second-order valence-corrected chi connectivity index (χ2v) is 6.76. The molecule has 30 heavy (non-hydrogen) atoms. The number of rotatable bonds is 4. The third-order valence-corrected chi connectivity index (χ3v) is 4.99. The van der Waals surface area contributed by atoms with Crippen molar-refractivity contribution in [1.82, 2.24) is 24.1 Å². The standard InChI is InChI=1S/C22H16FN5O2/c1-30-18-5-3-2-4-15(18)12-27-11-10-17-19(21(27)29)20(14-6-8-16(23)9-7-14)28-22(26-17)24-13-25-28/h2-11,13H,12H2,1H3. The summed E-state index contributed by atoms with van der Waals surface area (Å²) in [6.07, 6.45) is 3.08. The first kappa shape index (κ1) is 18.0. The van der Waals surface area contributed by atoms with Crippen LogP contribution in [-0.4, -0.2) is 31.3 Å². The Kier molecular flexibility index (Phi) is 4.24. The molecular formula is C22H16FN5O2. The quantitative estimate of drug-likeness (QED) is 0.462. The zero-order valence-corrected chi connectivity index (χ0v) is 16.0. The zero-order valence-electron chi connectivity index (χ0n) is 16.0. The summed E-state index contributed by atoms with van der Waals surface area (Å²) in [4.78, 5) is 22.1. The van der Waals surface area contributed by atoms with Gasteiger partial charge < -0.3 is 9.30 Å². The molecule has 3 aromatic heterocycles. The summed E-state index contributed by atoms with van der Waals surface area (Å²) in [6, 6.07) is 15.2. The molecular weight excluding hydrogens is 385 g/mol. The Morgan fingerprint density at radius 3 is 2.67 bits per heavy atom. The second-order valence-electron chi connectivity index (χ2n) is 6.76. The number of para-hydroxylation sites is 1. The van der Waals surface area contributed by atoms with Crippen LogP contribution >= 0.6 is 0 Å². The summed E-state index contributed by atoms with van der Waals surface area (Å²) in [5.41, 5.74) is 2.30. The average molecular weight is 401 g/mol. The van der Waals surface area contributed by atoms with Crippen LogP contribution in [-0.2, 0) is 6.54 Å². The van der Waals surface area contributed by atoms with Crippen molar-refractivity contribution in [1.29, 1.82) is 0 Å². The van der Waals surface area contributed by atoms with Crippen molar-refractivity contribution in [2.75, 3.05) is 7.11 Å². The first-order chi connectivity index (χ1) is 14.7. The smallest absolute Gasteiger partial charge is 0.262 e. The topological polar surface area (TPSA) is 74.3 Å². The molecule has 0 atom stereocenters. The number of hydrogen-bond acceptors (Lipinski definition) is 5. The Balaban J connectivity index is 1.78. The van der Waals surface area contributed by atoms with Gasteiger partial charge in [-0.2, -0.15) is 14.6 Å². The SMILES string of the molecule is COc1ccccc1Cn1ccc2nc3ncnn3c(-c3ccc(F)cc3)c2c1=O. The minimum atomic E-state index is -0.361. The monoisotopic (exact) mass is 401 g/mol. The molecule has 3 heterocycles. The maximum absolute atomic E-state index is 13.5. The number of nitrogens with zero attached hydrogens (tertiary/aromatic N) is 5. The van der Waals surface area contributed by atoms with E-state index in [4.69, 9.17) is 4.74 Å². The lowest BCUT2D eigenvalue weighted by Gasteiger charge is -2.13. The van der Waals surface area contributed by atoms with Gasteiger partial charge in [-0.3, -0.25) is 4.79 Å². The fourth-order valence-electron chi connectivity index (χ4n) is 3.58. The molecule has 0 N–H and O–H groups in total. The molecule has 5 aromatic rings. The van der Waals surface area contributed by atoms with Crippen molar-refractivity contribution < 1.29 is 9.13 Å². The summed E-state index contributed by atoms with van der Waals surface area (Å²) < 4.78 is 22.0. The number of fused-ring (bicyclic) bond motifs is 2. The Morgan fingerprint density at radius 1 is 1.07 bits per heavy atom. The van der Waals surface area contributed by atoms with E-state index in [1.54, 1.807) is 36.1 Å². The van der Waals surface area contributed by atoms with Gasteiger partial charge in [-0.1, -0.05) is 18.2 Å². The van der Waals surface area contributed by atoms with Crippen LogP contribution in [0.1, 0.15) is 5.56 Å². The van der Waals surface area contributed by atoms with E-state index >= 15 is 0 Å². The maximum Gasteiger partial charge on any atom is 0.262 e. The highest BCUT2D eigenvalue weighted by atomic mass is 19.1. The van der Waals surface area contributed by atoms with E-state index in [0.29, 0.717) is 40.2 Å². The fraction of sp³-hybridized carbons (Fsp3) is 0.0909. The molecule has 2 aromatic carbocycles. The van der Waals surface area contributed by atoms with Crippen LogP contribution in [0, 0.1) is 5.82 Å². The van der Waals surface area contributed by atoms with Gasteiger partial charge in [0.05, 0.1) is 30.3 Å². The molecule has 0 unspecified atom stereocenters. The van der Waals surface area contributed by atoms with E-state index in [1.165, 1.54) is 23.0 Å². The second kappa shape index (κ2) is 7.07. The van der Waals surface area contributed by atoms with E-state index in [0.717, 1.165) is 5.56 Å². The molecule has 0 aliphatic heterocycles. The van der Waals surface area contributed by atoms with Crippen LogP contribution in [0.4, 0.5) is 4.39 Å². The lowest BCUT2D eigenvalue weighted by atomic mass is 10.1. The zero-order chi connectivity index (χ0) is 20.7. The number of methoxy groups -OCH3 is 1. The van der Waals surface area contributed by atoms with Gasteiger partial charge in [-0.25, -0.2) is 9.37 Å². The van der Waals surface area contributed by atoms with Crippen molar-refractivity contribution >= 4 is 16.7 Å². The third-order valence-electron chi connectivity index (χ3n) is 4.99. The van der Waals surface area contributed by atoms with E-state index < -0.39 is 0 Å². The molecule has 0 bridgehead atoms. The predicted octanol–water partition coefficient (Wildman–Crippen LogP) is 3.30. The summed E-state index contributed by atoms with van der Waals surface area (Å²) in [6.45, 7) is 0.330. The van der Waals surface area contributed by atoms with Crippen molar-refractivity contribution in [2.45, 2.75) is 6.54 Å². The van der Waals surface area contributed by atoms with E-state index in [1.807, 2.05) is 24.3 Å². The van der Waals surface area contributed by atoms with Gasteiger partial charge >= 0.3 is 0 Å². The van der Waals surface area contributed by atoms with E-state index in [2.05, 4.69) is 15.1 Å². The highest BCUT2D eigenvalue weighted by Crippen LogP contribution is 2.26. The number of halogens is 1. The molecule has 8 heteroatoms. The van der Waals surface area contributed by atoms with Crippen LogP contribution in [0.15, 0.2) is 71.9 Å². The van der Waals surface area contributed by atoms with Crippen LogP contribution in [0.25, 0.3) is 27.9 Å². The Hall–Kier alpha value is -4.07. The molecule has 0 saturated heterocycles. The molecule has 148 valence electrons. The lowest BCUT2D eigenvalue weighted by Crippen LogP contribution is -2.22. The van der Waals surface area contributed by atoms with Crippen LogP contribution < -0.4 is 10.3 Å². The molecule has 0 spiro atoms. The van der Waals surface area contributed by atoms with Gasteiger partial charge in [0.15, 0.2) is 0 Å². The molecule has 0 fully saturated rings. The minimum absolute atomic E-state index is 0.234. The third kappa shape index (κ3) is 2.89. The lowest BCUT2D eigenvalue weighted by molar-refractivity contribution is 0.408. The van der Waals surface area contributed by atoms with Crippen molar-refractivity contribution in [3.8, 4) is 17.0 Å². The molecule has 0 saturated carbocycles. The summed E-state index contributed by atoms with van der Waals surface area (Å²) >= 11 is 0. The summed E-state index contributed by atoms with van der Waals surface area (Å²) in [5.74, 6) is 0.706. The maximum atomic E-state index is 13.5. The largest absolute Gasteiger partial charge is 0.496 e. The molecule has 0 aliphatic carbocycles. The fourth-order valence-corrected chi connectivity index (χ4v) is 3.58. The van der Waals surface area contributed by atoms with E-state index in [-0.39, 0.29) is 11.4 Å². The highest BCUT2D eigenvalue weighted by molar-refractivity contribution is 5.93. The highest BCUT2D eigenvalue weighted by Gasteiger charge is 2.17. The number of hydrogen-bond donors (Lipinski definition) is 0. The Morgan fingerprint density at radius 2 is 1.87 bits per heavy atom. The van der Waals surface area contributed by atoms with Gasteiger partial charge in [0.1, 0.15) is 17.9 Å². The van der Waals surface area contributed by atoms with Crippen molar-refractivity contribution in [2.24, 2.45) is 0 Å². The first-order valence-electron chi connectivity index (χ1n) is 9.26. The number of aromatic nitrogens is 5. The minimum Gasteiger partial charge on any atom is -0.496 e.